The van der Waals surface area contributed by atoms with E-state index in [1.165, 1.54) is 0 Å². The third kappa shape index (κ3) is 1.80. The van der Waals surface area contributed by atoms with Crippen LogP contribution in [0.15, 0.2) is 12.3 Å². The minimum Gasteiger partial charge on any atom is -0.385 e. The number of nitrogens with one attached hydrogen (secondary N) is 1. The Bertz CT molecular complexity index is 508. The van der Waals surface area contributed by atoms with Crippen molar-refractivity contribution in [1.82, 2.24) is 10.3 Å². The molecule has 0 amide bonds. The van der Waals surface area contributed by atoms with E-state index in [1.54, 1.807) is 6.20 Å². The Morgan fingerprint density at radius 1 is 1.44 bits per heavy atom. The maximum absolute atomic E-state index is 10.8. The minimum atomic E-state index is -0.775. The molecule has 94 valence electrons. The van der Waals surface area contributed by atoms with Gasteiger partial charge in [-0.05, 0) is 44.2 Å². The molecule has 4 nitrogen and oxygen atoms in total. The lowest BCUT2D eigenvalue weighted by Crippen LogP contribution is -2.46. The van der Waals surface area contributed by atoms with E-state index in [9.17, 15) is 5.11 Å². The van der Waals surface area contributed by atoms with Crippen LogP contribution in [0.4, 0.5) is 0 Å². The number of nitriles is 1. The predicted molar refractivity (Wildman–Crippen MR) is 66.8 cm³/mol. The molecule has 4 heteroatoms. The van der Waals surface area contributed by atoms with Gasteiger partial charge in [-0.15, -0.1) is 0 Å². The standard InChI is InChI=1S/C14H17N3O/c1-9-4-10(8-16-13(9)7-15)14(18)5-11-2-3-12(6-14)17-11/h4,8,11-12,17-18H,2-3,5-6H2,1H3. The number of hydrogen-bond donors (Lipinski definition) is 2. The topological polar surface area (TPSA) is 68.9 Å². The van der Waals surface area contributed by atoms with Crippen LogP contribution >= 0.6 is 0 Å². The van der Waals surface area contributed by atoms with Crippen molar-refractivity contribution in [3.05, 3.63) is 29.1 Å². The summed E-state index contributed by atoms with van der Waals surface area (Å²) < 4.78 is 0. The van der Waals surface area contributed by atoms with Crippen molar-refractivity contribution < 1.29 is 5.11 Å². The van der Waals surface area contributed by atoms with Crippen LogP contribution in [0.25, 0.3) is 0 Å². The van der Waals surface area contributed by atoms with Crippen LogP contribution in [0.3, 0.4) is 0 Å². The van der Waals surface area contributed by atoms with Gasteiger partial charge in [0.2, 0.25) is 0 Å². The molecule has 18 heavy (non-hydrogen) atoms. The van der Waals surface area contributed by atoms with Gasteiger partial charge >= 0.3 is 0 Å². The average Bonchev–Trinajstić information content (AvgIpc) is 2.69. The molecule has 2 atom stereocenters. The zero-order chi connectivity index (χ0) is 12.8. The molecule has 0 spiro atoms. The van der Waals surface area contributed by atoms with Gasteiger partial charge in [0.05, 0.1) is 5.60 Å². The summed E-state index contributed by atoms with van der Waals surface area (Å²) in [6.07, 6.45) is 5.45. The van der Waals surface area contributed by atoms with Crippen molar-refractivity contribution >= 4 is 0 Å². The molecule has 0 aromatic carbocycles. The van der Waals surface area contributed by atoms with Crippen LogP contribution in [0.1, 0.15) is 42.5 Å². The number of rotatable bonds is 1. The predicted octanol–water partition coefficient (Wildman–Crippen LogP) is 1.36. The Kier molecular flexibility index (Phi) is 2.61. The summed E-state index contributed by atoms with van der Waals surface area (Å²) in [5, 5.41) is 23.3. The molecule has 0 radical (unpaired) electrons. The number of hydrogen-bond acceptors (Lipinski definition) is 4. The van der Waals surface area contributed by atoms with Crippen LogP contribution in [-0.2, 0) is 5.60 Å². The van der Waals surface area contributed by atoms with Gasteiger partial charge in [-0.3, -0.25) is 0 Å². The van der Waals surface area contributed by atoms with Gasteiger partial charge in [0.25, 0.3) is 0 Å². The molecule has 2 aliphatic rings. The largest absolute Gasteiger partial charge is 0.385 e. The Hall–Kier alpha value is -1.44. The lowest BCUT2D eigenvalue weighted by atomic mass is 9.82. The number of aromatic nitrogens is 1. The van der Waals surface area contributed by atoms with Gasteiger partial charge in [-0.2, -0.15) is 5.26 Å². The summed E-state index contributed by atoms with van der Waals surface area (Å²) in [6.45, 7) is 1.87. The fourth-order valence-electron chi connectivity index (χ4n) is 3.30. The summed E-state index contributed by atoms with van der Waals surface area (Å²) in [5.41, 5.74) is 1.37. The first-order chi connectivity index (χ1) is 8.60. The van der Waals surface area contributed by atoms with Crippen LogP contribution < -0.4 is 5.32 Å². The summed E-state index contributed by atoms with van der Waals surface area (Å²) >= 11 is 0. The third-order valence-electron chi connectivity index (χ3n) is 4.22. The molecule has 1 aromatic rings. The monoisotopic (exact) mass is 243 g/mol. The van der Waals surface area contributed by atoms with E-state index in [-0.39, 0.29) is 0 Å². The van der Waals surface area contributed by atoms with Crippen LogP contribution in [0, 0.1) is 18.3 Å². The molecule has 0 saturated carbocycles. The van der Waals surface area contributed by atoms with Crippen LogP contribution in [0.2, 0.25) is 0 Å². The van der Waals surface area contributed by atoms with Gasteiger partial charge in [-0.1, -0.05) is 0 Å². The smallest absolute Gasteiger partial charge is 0.143 e. The third-order valence-corrected chi connectivity index (χ3v) is 4.22. The van der Waals surface area contributed by atoms with Gasteiger partial charge in [0, 0.05) is 23.8 Å². The molecule has 2 bridgehead atoms. The van der Waals surface area contributed by atoms with Crippen molar-refractivity contribution in [2.75, 3.05) is 0 Å². The van der Waals surface area contributed by atoms with E-state index in [2.05, 4.69) is 16.4 Å². The second kappa shape index (κ2) is 4.04. The highest BCUT2D eigenvalue weighted by atomic mass is 16.3. The number of pyridine rings is 1. The van der Waals surface area contributed by atoms with Crippen molar-refractivity contribution in [3.8, 4) is 6.07 Å². The second-order valence-corrected chi connectivity index (χ2v) is 5.58. The van der Waals surface area contributed by atoms with Crippen molar-refractivity contribution in [2.45, 2.75) is 50.3 Å². The molecule has 2 unspecified atom stereocenters. The summed E-state index contributed by atoms with van der Waals surface area (Å²) in [7, 11) is 0. The Morgan fingerprint density at radius 3 is 2.67 bits per heavy atom. The van der Waals surface area contributed by atoms with E-state index in [0.717, 1.165) is 36.8 Å². The van der Waals surface area contributed by atoms with Gasteiger partial charge < -0.3 is 10.4 Å². The quantitative estimate of drug-likeness (QED) is 0.781. The fraction of sp³-hybridized carbons (Fsp3) is 0.571. The molecule has 1 aromatic heterocycles. The first kappa shape index (κ1) is 11.6. The molecule has 2 aliphatic heterocycles. The highest BCUT2D eigenvalue weighted by molar-refractivity contribution is 5.35. The maximum Gasteiger partial charge on any atom is 0.143 e. The molecule has 2 fully saturated rings. The number of aryl methyl sites for hydroxylation is 1. The molecular weight excluding hydrogens is 226 g/mol. The first-order valence-corrected chi connectivity index (χ1v) is 6.46. The molecular formula is C14H17N3O. The zero-order valence-electron chi connectivity index (χ0n) is 10.5. The molecule has 3 rings (SSSR count). The first-order valence-electron chi connectivity index (χ1n) is 6.46. The SMILES string of the molecule is Cc1cc(C2(O)CC3CCC(C2)N3)cnc1C#N. The zero-order valence-corrected chi connectivity index (χ0v) is 10.5. The highest BCUT2D eigenvalue weighted by Crippen LogP contribution is 2.40. The maximum atomic E-state index is 10.8. The average molecular weight is 243 g/mol. The lowest BCUT2D eigenvalue weighted by Gasteiger charge is -2.37. The Morgan fingerprint density at radius 2 is 2.11 bits per heavy atom. The number of aliphatic hydroxyl groups is 1. The van der Waals surface area contributed by atoms with Crippen LogP contribution in [0.5, 0.6) is 0 Å². The number of piperidine rings is 1. The van der Waals surface area contributed by atoms with E-state index in [0.29, 0.717) is 17.8 Å². The van der Waals surface area contributed by atoms with E-state index >= 15 is 0 Å². The normalized spacial score (nSPS) is 34.3. The van der Waals surface area contributed by atoms with E-state index in [4.69, 9.17) is 5.26 Å². The van der Waals surface area contributed by atoms with Crippen molar-refractivity contribution in [3.63, 3.8) is 0 Å². The van der Waals surface area contributed by atoms with E-state index in [1.807, 2.05) is 13.0 Å². The highest BCUT2D eigenvalue weighted by Gasteiger charge is 2.43. The van der Waals surface area contributed by atoms with Crippen LogP contribution in [-0.4, -0.2) is 22.2 Å². The lowest BCUT2D eigenvalue weighted by molar-refractivity contribution is -0.0118. The molecule has 0 aliphatic carbocycles. The molecule has 2 saturated heterocycles. The summed E-state index contributed by atoms with van der Waals surface area (Å²) in [6, 6.07) is 4.82. The molecule has 2 N–H and O–H groups in total. The Labute approximate surface area is 107 Å². The van der Waals surface area contributed by atoms with Crippen molar-refractivity contribution in [2.24, 2.45) is 0 Å². The fourth-order valence-corrected chi connectivity index (χ4v) is 3.30. The number of fused-ring (bicyclic) bond motifs is 2. The Balaban J connectivity index is 1.94. The van der Waals surface area contributed by atoms with E-state index < -0.39 is 5.60 Å². The second-order valence-electron chi connectivity index (χ2n) is 5.58. The van der Waals surface area contributed by atoms with Gasteiger partial charge in [0.15, 0.2) is 0 Å². The van der Waals surface area contributed by atoms with Crippen molar-refractivity contribution in [1.29, 1.82) is 5.26 Å². The van der Waals surface area contributed by atoms with Gasteiger partial charge in [0.1, 0.15) is 11.8 Å². The summed E-state index contributed by atoms with van der Waals surface area (Å²) in [4.78, 5) is 4.15. The minimum absolute atomic E-state index is 0.421. The molecule has 3 heterocycles. The van der Waals surface area contributed by atoms with Gasteiger partial charge in [-0.25, -0.2) is 4.98 Å². The number of nitrogens with zero attached hydrogens (tertiary/aromatic N) is 2. The summed E-state index contributed by atoms with van der Waals surface area (Å²) in [5.74, 6) is 0.